The van der Waals surface area contributed by atoms with Crippen molar-refractivity contribution in [1.82, 2.24) is 15.5 Å². The highest BCUT2D eigenvalue weighted by Crippen LogP contribution is 2.15. The first-order chi connectivity index (χ1) is 15.0. The molecular formula is C24H30N4O3. The van der Waals surface area contributed by atoms with E-state index in [1.54, 1.807) is 31.2 Å². The molecule has 1 atom stereocenters. The highest BCUT2D eigenvalue weighted by molar-refractivity contribution is 5.94. The number of carbonyl (C=O) groups is 3. The van der Waals surface area contributed by atoms with Crippen molar-refractivity contribution >= 4 is 23.4 Å². The van der Waals surface area contributed by atoms with Crippen LogP contribution in [-0.4, -0.2) is 61.4 Å². The predicted molar refractivity (Wildman–Crippen MR) is 121 cm³/mol. The molecule has 1 saturated heterocycles. The average Bonchev–Trinajstić information content (AvgIpc) is 2.80. The van der Waals surface area contributed by atoms with E-state index < -0.39 is 0 Å². The lowest BCUT2D eigenvalue weighted by Crippen LogP contribution is -2.49. The fourth-order valence-corrected chi connectivity index (χ4v) is 3.62. The molecule has 1 heterocycles. The predicted octanol–water partition coefficient (Wildman–Crippen LogP) is 2.05. The molecule has 0 saturated carbocycles. The van der Waals surface area contributed by atoms with Gasteiger partial charge in [-0.05, 0) is 31.2 Å². The van der Waals surface area contributed by atoms with Crippen LogP contribution in [0.3, 0.4) is 0 Å². The standard InChI is InChI=1S/C24H30N4O3/c1-19(26-24(31)20-8-4-2-5-9-20)18-22(29)25-13-12-23(30)28-16-14-27(15-17-28)21-10-6-3-7-11-21/h2-11,19H,12-18H2,1H3,(H,25,29)(H,26,31). The number of amides is 3. The van der Waals surface area contributed by atoms with Crippen LogP contribution in [-0.2, 0) is 9.59 Å². The Morgan fingerprint density at radius 2 is 1.52 bits per heavy atom. The molecule has 0 aliphatic carbocycles. The number of nitrogens with one attached hydrogen (secondary N) is 2. The molecule has 164 valence electrons. The van der Waals surface area contributed by atoms with Crippen molar-refractivity contribution < 1.29 is 14.4 Å². The van der Waals surface area contributed by atoms with Gasteiger partial charge in [0.2, 0.25) is 11.8 Å². The zero-order valence-electron chi connectivity index (χ0n) is 17.9. The first-order valence-corrected chi connectivity index (χ1v) is 10.7. The summed E-state index contributed by atoms with van der Waals surface area (Å²) in [7, 11) is 0. The van der Waals surface area contributed by atoms with E-state index in [-0.39, 0.29) is 36.6 Å². The normalized spacial score (nSPS) is 14.6. The van der Waals surface area contributed by atoms with Crippen LogP contribution in [0.25, 0.3) is 0 Å². The third kappa shape index (κ3) is 6.84. The van der Waals surface area contributed by atoms with Gasteiger partial charge in [0, 0.05) is 62.9 Å². The van der Waals surface area contributed by atoms with Crippen molar-refractivity contribution in [3.8, 4) is 0 Å². The average molecular weight is 423 g/mol. The van der Waals surface area contributed by atoms with Crippen molar-refractivity contribution in [2.45, 2.75) is 25.8 Å². The fraction of sp³-hybridized carbons (Fsp3) is 0.375. The summed E-state index contributed by atoms with van der Waals surface area (Å²) in [5, 5.41) is 5.60. The van der Waals surface area contributed by atoms with Gasteiger partial charge in [-0.3, -0.25) is 14.4 Å². The van der Waals surface area contributed by atoms with Gasteiger partial charge >= 0.3 is 0 Å². The molecule has 3 amide bonds. The second kappa shape index (κ2) is 11.2. The van der Waals surface area contributed by atoms with E-state index in [1.807, 2.05) is 29.2 Å². The summed E-state index contributed by atoms with van der Waals surface area (Å²) in [6, 6.07) is 18.8. The molecule has 0 radical (unpaired) electrons. The summed E-state index contributed by atoms with van der Waals surface area (Å²) in [4.78, 5) is 40.8. The molecular weight excluding hydrogens is 392 g/mol. The third-order valence-electron chi connectivity index (χ3n) is 5.32. The molecule has 7 heteroatoms. The molecule has 2 N–H and O–H groups in total. The van der Waals surface area contributed by atoms with Gasteiger partial charge in [0.25, 0.3) is 5.91 Å². The molecule has 7 nitrogen and oxygen atoms in total. The number of hydrogen-bond acceptors (Lipinski definition) is 4. The molecule has 1 aliphatic heterocycles. The Kier molecular flexibility index (Phi) is 8.04. The van der Waals surface area contributed by atoms with Crippen molar-refractivity contribution in [3.63, 3.8) is 0 Å². The molecule has 2 aromatic rings. The van der Waals surface area contributed by atoms with Crippen LogP contribution in [0.2, 0.25) is 0 Å². The van der Waals surface area contributed by atoms with Gasteiger partial charge in [-0.1, -0.05) is 36.4 Å². The Labute approximate surface area is 183 Å². The summed E-state index contributed by atoms with van der Waals surface area (Å²) in [5.41, 5.74) is 1.74. The molecule has 0 spiro atoms. The van der Waals surface area contributed by atoms with E-state index in [0.717, 1.165) is 13.1 Å². The van der Waals surface area contributed by atoms with Crippen LogP contribution in [0.4, 0.5) is 5.69 Å². The van der Waals surface area contributed by atoms with Crippen molar-refractivity contribution in [2.24, 2.45) is 0 Å². The van der Waals surface area contributed by atoms with E-state index in [4.69, 9.17) is 0 Å². The summed E-state index contributed by atoms with van der Waals surface area (Å²) in [5.74, 6) is -0.327. The van der Waals surface area contributed by atoms with Crippen LogP contribution in [0.15, 0.2) is 60.7 Å². The van der Waals surface area contributed by atoms with Crippen molar-refractivity contribution in [1.29, 1.82) is 0 Å². The topological polar surface area (TPSA) is 81.8 Å². The Hall–Kier alpha value is -3.35. The first kappa shape index (κ1) is 22.3. The number of carbonyl (C=O) groups excluding carboxylic acids is 3. The van der Waals surface area contributed by atoms with Gasteiger partial charge in [0.05, 0.1) is 0 Å². The Morgan fingerprint density at radius 1 is 0.903 bits per heavy atom. The van der Waals surface area contributed by atoms with Gasteiger partial charge < -0.3 is 20.4 Å². The van der Waals surface area contributed by atoms with Gasteiger partial charge in [-0.25, -0.2) is 0 Å². The smallest absolute Gasteiger partial charge is 0.251 e. The summed E-state index contributed by atoms with van der Waals surface area (Å²) >= 11 is 0. The number of hydrogen-bond donors (Lipinski definition) is 2. The quantitative estimate of drug-likeness (QED) is 0.682. The van der Waals surface area contributed by atoms with Crippen LogP contribution >= 0.6 is 0 Å². The SMILES string of the molecule is CC(CC(=O)NCCC(=O)N1CCN(c2ccccc2)CC1)NC(=O)c1ccccc1. The lowest BCUT2D eigenvalue weighted by atomic mass is 10.1. The maximum Gasteiger partial charge on any atom is 0.251 e. The highest BCUT2D eigenvalue weighted by atomic mass is 16.2. The lowest BCUT2D eigenvalue weighted by molar-refractivity contribution is -0.131. The van der Waals surface area contributed by atoms with E-state index in [0.29, 0.717) is 25.2 Å². The van der Waals surface area contributed by atoms with E-state index in [9.17, 15) is 14.4 Å². The minimum absolute atomic E-state index is 0.0541. The van der Waals surface area contributed by atoms with Gasteiger partial charge in [-0.2, -0.15) is 0 Å². The van der Waals surface area contributed by atoms with E-state index in [1.165, 1.54) is 5.69 Å². The van der Waals surface area contributed by atoms with Crippen LogP contribution in [0.5, 0.6) is 0 Å². The Balaban J connectivity index is 1.32. The monoisotopic (exact) mass is 422 g/mol. The van der Waals surface area contributed by atoms with E-state index in [2.05, 4.69) is 27.7 Å². The lowest BCUT2D eigenvalue weighted by Gasteiger charge is -2.36. The zero-order valence-corrected chi connectivity index (χ0v) is 17.9. The fourth-order valence-electron chi connectivity index (χ4n) is 3.62. The van der Waals surface area contributed by atoms with Crippen LogP contribution in [0.1, 0.15) is 30.1 Å². The van der Waals surface area contributed by atoms with Gasteiger partial charge in [-0.15, -0.1) is 0 Å². The van der Waals surface area contributed by atoms with Crippen molar-refractivity contribution in [2.75, 3.05) is 37.6 Å². The third-order valence-corrected chi connectivity index (χ3v) is 5.32. The summed E-state index contributed by atoms with van der Waals surface area (Å²) in [6.07, 6.45) is 0.449. The van der Waals surface area contributed by atoms with Crippen LogP contribution < -0.4 is 15.5 Å². The number of nitrogens with zero attached hydrogens (tertiary/aromatic N) is 2. The Bertz CT molecular complexity index is 865. The van der Waals surface area contributed by atoms with Crippen LogP contribution in [0, 0.1) is 0 Å². The zero-order chi connectivity index (χ0) is 22.1. The number of piperazine rings is 1. The number of anilines is 1. The second-order valence-corrected chi connectivity index (χ2v) is 7.75. The molecule has 1 aliphatic rings. The Morgan fingerprint density at radius 3 is 2.16 bits per heavy atom. The number of rotatable bonds is 8. The molecule has 0 aromatic heterocycles. The summed E-state index contributed by atoms with van der Waals surface area (Å²) < 4.78 is 0. The first-order valence-electron chi connectivity index (χ1n) is 10.7. The summed E-state index contributed by atoms with van der Waals surface area (Å²) in [6.45, 7) is 5.07. The molecule has 1 fully saturated rings. The molecule has 3 rings (SSSR count). The molecule has 0 bridgehead atoms. The van der Waals surface area contributed by atoms with E-state index >= 15 is 0 Å². The minimum atomic E-state index is -0.297. The molecule has 31 heavy (non-hydrogen) atoms. The highest BCUT2D eigenvalue weighted by Gasteiger charge is 2.21. The molecule has 2 aromatic carbocycles. The largest absolute Gasteiger partial charge is 0.368 e. The number of para-hydroxylation sites is 1. The maximum atomic E-state index is 12.4. The second-order valence-electron chi connectivity index (χ2n) is 7.75. The van der Waals surface area contributed by atoms with Gasteiger partial charge in [0.1, 0.15) is 0 Å². The number of benzene rings is 2. The van der Waals surface area contributed by atoms with Crippen molar-refractivity contribution in [3.05, 3.63) is 66.2 Å². The molecule has 1 unspecified atom stereocenters. The minimum Gasteiger partial charge on any atom is -0.368 e. The van der Waals surface area contributed by atoms with Gasteiger partial charge in [0.15, 0.2) is 0 Å². The maximum absolute atomic E-state index is 12.4.